The van der Waals surface area contributed by atoms with Crippen molar-refractivity contribution in [2.75, 3.05) is 0 Å². The van der Waals surface area contributed by atoms with E-state index >= 15 is 0 Å². The van der Waals surface area contributed by atoms with Gasteiger partial charge in [0, 0.05) is 24.6 Å². The molecule has 0 aromatic heterocycles. The van der Waals surface area contributed by atoms with Gasteiger partial charge < -0.3 is 21.9 Å². The maximum Gasteiger partial charge on any atom is 4.00 e. The molecule has 4 N–H and O–H groups in total. The Balaban J connectivity index is 0. The second-order valence-electron chi connectivity index (χ2n) is 0. The van der Waals surface area contributed by atoms with E-state index in [1.165, 1.54) is 0 Å². The molecule has 0 fully saturated rings. The van der Waals surface area contributed by atoms with E-state index in [2.05, 4.69) is 0 Å². The van der Waals surface area contributed by atoms with Crippen LogP contribution in [0.2, 0.25) is 0 Å². The van der Waals surface area contributed by atoms with Crippen LogP contribution in [0.3, 0.4) is 0 Å². The monoisotopic (exact) mass is 319 g/mol. The van der Waals surface area contributed by atoms with Gasteiger partial charge in [-0.3, -0.25) is 0 Å². The molecule has 9 heavy (non-hydrogen) atoms. The van der Waals surface area contributed by atoms with Gasteiger partial charge >= 0.3 is 21.1 Å². The van der Waals surface area contributed by atoms with Crippen LogP contribution in [0.15, 0.2) is 0 Å². The smallest absolute Gasteiger partial charge is 0.870 e. The summed E-state index contributed by atoms with van der Waals surface area (Å²) in [5.41, 5.74) is 0. The summed E-state index contributed by atoms with van der Waals surface area (Å²) in [7, 11) is 0. The Morgan fingerprint density at radius 2 is 0.333 bits per heavy atom. The first-order valence-electron chi connectivity index (χ1n) is 0. The van der Waals surface area contributed by atoms with E-state index in [0.717, 1.165) is 0 Å². The molecular weight excluding hydrogens is 315 g/mol. The third-order valence-corrected chi connectivity index (χ3v) is 0. The Hall–Kier alpha value is 0.368. The summed E-state index contributed by atoms with van der Waals surface area (Å²) in [6.07, 6.45) is 0. The van der Waals surface area contributed by atoms with E-state index in [4.69, 9.17) is 0 Å². The molecule has 0 saturated carbocycles. The molecule has 0 aliphatic heterocycles. The van der Waals surface area contributed by atoms with E-state index in [0.29, 0.717) is 0 Å². The Kier molecular flexibility index (Phi) is 1800000. The van der Waals surface area contributed by atoms with Crippen LogP contribution in [0, 0.1) is 0 Å². The molecule has 8 nitrogen and oxygen atoms in total. The molecule has 0 rings (SSSR count). The molecule has 0 unspecified atom stereocenters. The minimum atomic E-state index is 0. The number of nitrogens with zero attached hydrogens (tertiary/aromatic N) is 4. The molecule has 0 aliphatic rings. The molecule has 0 spiro atoms. The first kappa shape index (κ1) is 4840. The third-order valence-electron chi connectivity index (χ3n) is 0. The maximum absolute atomic E-state index is 0. The van der Waals surface area contributed by atoms with Gasteiger partial charge in [-0.2, -0.15) is 0 Å². The fourth-order valence-electron chi connectivity index (χ4n) is 0. The Labute approximate surface area is 68.2 Å². The number of rotatable bonds is 0. The Morgan fingerprint density at radius 3 is 0.333 bits per heavy atom. The van der Waals surface area contributed by atoms with Crippen LogP contribution in [-0.2, 0) is 21.1 Å². The Morgan fingerprint density at radius 1 is 0.333 bits per heavy atom. The van der Waals surface area contributed by atoms with Crippen LogP contribution in [0.1, 0.15) is 0 Å². The van der Waals surface area contributed by atoms with Crippen LogP contribution >= 0.6 is 0 Å². The first-order valence-corrected chi connectivity index (χ1v) is 0. The molecule has 0 atom stereocenters. The largest absolute Gasteiger partial charge is 4.00 e. The minimum Gasteiger partial charge on any atom is -0.870 e. The maximum atomic E-state index is 0. The molecule has 0 aromatic rings. The molecular formula is H4N4O4Pt. The van der Waals surface area contributed by atoms with Gasteiger partial charge in [0.2, 0.25) is 0 Å². The van der Waals surface area contributed by atoms with Crippen LogP contribution in [-0.4, -0.2) is 21.9 Å². The Bertz CT molecular complexity index is 12.5. The number of hydrogen-bond donors (Lipinski definition) is 0. The summed E-state index contributed by atoms with van der Waals surface area (Å²) in [5, 5.41) is 0. The standard InChI is InChI=1S/4N.4H2O.Pt/h;;;;4*1H2;/q;;;;;;;;+4/p-4. The fourth-order valence-corrected chi connectivity index (χ4v) is 0. The molecule has 9 heteroatoms. The van der Waals surface area contributed by atoms with Crippen molar-refractivity contribution in [2.45, 2.75) is 0 Å². The normalized spacial score (nSPS) is 0. The van der Waals surface area contributed by atoms with Crippen molar-refractivity contribution in [1.29, 1.82) is 0 Å². The van der Waals surface area contributed by atoms with E-state index in [-0.39, 0.29) is 67.6 Å². The molecule has 58 valence electrons. The van der Waals surface area contributed by atoms with Gasteiger partial charge in [0.25, 0.3) is 0 Å². The summed E-state index contributed by atoms with van der Waals surface area (Å²) in [4.78, 5) is 0. The molecule has 0 aromatic carbocycles. The number of hydrogen-bond acceptors (Lipinski definition) is 4. The van der Waals surface area contributed by atoms with Crippen molar-refractivity contribution in [3.8, 4) is 0 Å². The average molecular weight is 319 g/mol. The zero-order valence-corrected chi connectivity index (χ0v) is 6.17. The zero-order chi connectivity index (χ0) is 0. The summed E-state index contributed by atoms with van der Waals surface area (Å²) in [6.45, 7) is 0. The summed E-state index contributed by atoms with van der Waals surface area (Å²) >= 11 is 0. The summed E-state index contributed by atoms with van der Waals surface area (Å²) in [5.74, 6) is 0. The van der Waals surface area contributed by atoms with Crippen LogP contribution in [0.25, 0.3) is 0 Å². The average Bonchev–Trinajstić information content (AvgIpc) is 0. The van der Waals surface area contributed by atoms with Crippen molar-refractivity contribution in [2.24, 2.45) is 0 Å². The van der Waals surface area contributed by atoms with Crippen LogP contribution < -0.4 is 24.6 Å². The third kappa shape index (κ3) is 2500. The van der Waals surface area contributed by atoms with Crippen molar-refractivity contribution in [1.82, 2.24) is 24.6 Å². The van der Waals surface area contributed by atoms with Gasteiger partial charge in [0.15, 0.2) is 0 Å². The van der Waals surface area contributed by atoms with Gasteiger partial charge in [-0.05, 0) is 0 Å². The molecule has 0 saturated heterocycles. The van der Waals surface area contributed by atoms with Gasteiger partial charge in [-0.15, -0.1) is 0 Å². The predicted octanol–water partition coefficient (Wildman–Crippen LogP) is -2.63. The van der Waals surface area contributed by atoms with Crippen LogP contribution in [0.5, 0.6) is 0 Å². The van der Waals surface area contributed by atoms with Gasteiger partial charge in [0.05, 0.1) is 0 Å². The molecule has 0 bridgehead atoms. The molecule has 0 aliphatic carbocycles. The van der Waals surface area contributed by atoms with Crippen molar-refractivity contribution in [3.05, 3.63) is 0 Å². The predicted molar refractivity (Wildman–Crippen MR) is 16.3 cm³/mol. The topological polar surface area (TPSA) is 242 Å². The van der Waals surface area contributed by atoms with Gasteiger partial charge in [-0.1, -0.05) is 0 Å². The van der Waals surface area contributed by atoms with Crippen molar-refractivity contribution in [3.63, 3.8) is 0 Å². The SMILES string of the molecule is [N].[N].[N].[N].[OH-].[OH-].[OH-].[OH-].[Pt+4]. The van der Waals surface area contributed by atoms with E-state index < -0.39 is 0 Å². The first-order chi connectivity index (χ1) is 0. The van der Waals surface area contributed by atoms with E-state index in [9.17, 15) is 0 Å². The van der Waals surface area contributed by atoms with Gasteiger partial charge in [0.1, 0.15) is 0 Å². The fraction of sp³-hybridized carbons (Fsp3) is 0. The quantitative estimate of drug-likeness (QED) is 0.464. The van der Waals surface area contributed by atoms with Crippen LogP contribution in [0.4, 0.5) is 0 Å². The van der Waals surface area contributed by atoms with Crippen molar-refractivity contribution >= 4 is 0 Å². The minimum absolute atomic E-state index is 0. The van der Waals surface area contributed by atoms with Crippen molar-refractivity contribution < 1.29 is 43.0 Å². The summed E-state index contributed by atoms with van der Waals surface area (Å²) < 4.78 is 0. The second-order valence-corrected chi connectivity index (χ2v) is 0. The zero-order valence-electron chi connectivity index (χ0n) is 3.89. The second kappa shape index (κ2) is 3350. The van der Waals surface area contributed by atoms with E-state index in [1.54, 1.807) is 0 Å². The molecule has 12 radical (unpaired) electrons. The van der Waals surface area contributed by atoms with Gasteiger partial charge in [-0.25, -0.2) is 0 Å². The van der Waals surface area contributed by atoms with E-state index in [1.807, 2.05) is 0 Å². The molecule has 0 heterocycles. The molecule has 0 amide bonds. The summed E-state index contributed by atoms with van der Waals surface area (Å²) in [6, 6.07) is 0.